The van der Waals surface area contributed by atoms with Crippen molar-refractivity contribution < 1.29 is 27.2 Å². The highest BCUT2D eigenvalue weighted by Crippen LogP contribution is 2.33. The number of benzene rings is 3. The number of hydrogen-bond acceptors (Lipinski definition) is 5. The molecule has 0 aliphatic heterocycles. The number of anilines is 1. The number of carbonyl (C=O) groups is 2. The molecule has 2 heterocycles. The molecule has 5 aromatic rings. The average molecular weight is 562 g/mol. The maximum absolute atomic E-state index is 13.4. The number of alkyl halides is 3. The van der Waals surface area contributed by atoms with Crippen molar-refractivity contribution in [3.8, 4) is 22.8 Å². The molecule has 0 radical (unpaired) electrons. The van der Waals surface area contributed by atoms with Crippen molar-refractivity contribution in [2.24, 2.45) is 0 Å². The molecule has 0 aliphatic carbocycles. The minimum absolute atomic E-state index is 0.0701. The summed E-state index contributed by atoms with van der Waals surface area (Å²) in [5.74, 6) is -0.520. The molecule has 2 amide bonds. The summed E-state index contributed by atoms with van der Waals surface area (Å²) in [6.45, 7) is -0.350. The Morgan fingerprint density at radius 3 is 2.27 bits per heavy atom. The van der Waals surface area contributed by atoms with Gasteiger partial charge in [-0.05, 0) is 59.5 Å². The van der Waals surface area contributed by atoms with E-state index in [2.05, 4.69) is 15.6 Å². The molecule has 5 rings (SSSR count). The molecule has 0 aliphatic rings. The molecule has 2 aromatic heterocycles. The summed E-state index contributed by atoms with van der Waals surface area (Å²) in [6, 6.07) is 24.5. The lowest BCUT2D eigenvalue weighted by molar-refractivity contribution is -0.138. The third-order valence-corrected chi connectivity index (χ3v) is 6.85. The maximum atomic E-state index is 13.4. The van der Waals surface area contributed by atoms with Gasteiger partial charge in [-0.25, -0.2) is 4.98 Å². The van der Waals surface area contributed by atoms with E-state index in [0.29, 0.717) is 16.8 Å². The molecule has 0 spiro atoms. The third kappa shape index (κ3) is 6.29. The number of amides is 2. The van der Waals surface area contributed by atoms with Crippen LogP contribution in [0.5, 0.6) is 0 Å². The minimum Gasteiger partial charge on any atom is -0.435 e. The first-order valence-electron chi connectivity index (χ1n) is 12.2. The Labute approximate surface area is 231 Å². The van der Waals surface area contributed by atoms with Crippen LogP contribution in [-0.2, 0) is 23.9 Å². The van der Waals surface area contributed by atoms with Crippen LogP contribution in [0.2, 0.25) is 0 Å². The Kier molecular flexibility index (Phi) is 7.79. The molecule has 3 aromatic carbocycles. The molecule has 0 atom stereocenters. The van der Waals surface area contributed by atoms with Crippen molar-refractivity contribution in [1.82, 2.24) is 10.3 Å². The van der Waals surface area contributed by atoms with Crippen molar-refractivity contribution in [3.05, 3.63) is 118 Å². The zero-order valence-corrected chi connectivity index (χ0v) is 21.7. The minimum atomic E-state index is -4.55. The van der Waals surface area contributed by atoms with E-state index in [4.69, 9.17) is 4.42 Å². The Balaban J connectivity index is 1.39. The molecule has 0 saturated heterocycles. The van der Waals surface area contributed by atoms with Crippen molar-refractivity contribution in [2.75, 3.05) is 5.32 Å². The number of aromatic nitrogens is 1. The van der Waals surface area contributed by atoms with Gasteiger partial charge in [-0.1, -0.05) is 42.5 Å². The molecule has 2 N–H and O–H groups in total. The molecular weight excluding hydrogens is 539 g/mol. The van der Waals surface area contributed by atoms with Crippen LogP contribution in [0, 0.1) is 0 Å². The SMILES string of the molecule is O=C(Cc1cccs1)Nc1ccc(-c2oc(-c3ccccc3)nc2C(=O)NCc2ccccc2C(F)(F)F)cc1. The van der Waals surface area contributed by atoms with Crippen LogP contribution in [0.25, 0.3) is 22.8 Å². The van der Waals surface area contributed by atoms with Crippen LogP contribution in [0.15, 0.2) is 101 Å². The second-order valence-electron chi connectivity index (χ2n) is 8.78. The molecule has 6 nitrogen and oxygen atoms in total. The van der Waals surface area contributed by atoms with Crippen molar-refractivity contribution in [2.45, 2.75) is 19.1 Å². The summed E-state index contributed by atoms with van der Waals surface area (Å²) in [5.41, 5.74) is 0.729. The number of rotatable bonds is 8. The molecule has 0 saturated carbocycles. The first kappa shape index (κ1) is 26.9. The number of hydrogen-bond donors (Lipinski definition) is 2. The molecular formula is C30H22F3N3O3S. The van der Waals surface area contributed by atoms with Gasteiger partial charge in [-0.3, -0.25) is 9.59 Å². The average Bonchev–Trinajstić information content (AvgIpc) is 3.63. The molecule has 10 heteroatoms. The van der Waals surface area contributed by atoms with Gasteiger partial charge in [0.1, 0.15) is 0 Å². The summed E-state index contributed by atoms with van der Waals surface area (Å²) in [5, 5.41) is 7.28. The predicted octanol–water partition coefficient (Wildman–Crippen LogP) is 7.20. The number of nitrogens with zero attached hydrogens (tertiary/aromatic N) is 1. The quantitative estimate of drug-likeness (QED) is 0.210. The lowest BCUT2D eigenvalue weighted by Crippen LogP contribution is -2.25. The van der Waals surface area contributed by atoms with Gasteiger partial charge < -0.3 is 15.1 Å². The fourth-order valence-corrected chi connectivity index (χ4v) is 4.77. The summed E-state index contributed by atoms with van der Waals surface area (Å²) >= 11 is 1.50. The van der Waals surface area contributed by atoms with Crippen LogP contribution < -0.4 is 10.6 Å². The first-order valence-corrected chi connectivity index (χ1v) is 13.1. The van der Waals surface area contributed by atoms with E-state index in [0.717, 1.165) is 10.9 Å². The zero-order valence-electron chi connectivity index (χ0n) is 20.9. The highest BCUT2D eigenvalue weighted by molar-refractivity contribution is 7.10. The van der Waals surface area contributed by atoms with Crippen LogP contribution in [-0.4, -0.2) is 16.8 Å². The Hall–Kier alpha value is -4.70. The highest BCUT2D eigenvalue weighted by atomic mass is 32.1. The Morgan fingerprint density at radius 2 is 1.57 bits per heavy atom. The molecule has 0 unspecified atom stereocenters. The molecule has 202 valence electrons. The van der Waals surface area contributed by atoms with Gasteiger partial charge in [0.2, 0.25) is 11.8 Å². The first-order chi connectivity index (χ1) is 19.3. The van der Waals surface area contributed by atoms with Gasteiger partial charge in [-0.2, -0.15) is 13.2 Å². The number of thiophene rings is 1. The van der Waals surface area contributed by atoms with Crippen molar-refractivity contribution in [3.63, 3.8) is 0 Å². The third-order valence-electron chi connectivity index (χ3n) is 5.97. The van der Waals surface area contributed by atoms with Crippen LogP contribution in [0.3, 0.4) is 0 Å². The van der Waals surface area contributed by atoms with E-state index < -0.39 is 17.6 Å². The topological polar surface area (TPSA) is 84.2 Å². The monoisotopic (exact) mass is 561 g/mol. The predicted molar refractivity (Wildman–Crippen MR) is 147 cm³/mol. The van der Waals surface area contributed by atoms with E-state index in [9.17, 15) is 22.8 Å². The second-order valence-corrected chi connectivity index (χ2v) is 9.81. The molecule has 0 bridgehead atoms. The normalized spacial score (nSPS) is 11.3. The summed E-state index contributed by atoms with van der Waals surface area (Å²) in [4.78, 5) is 30.9. The maximum Gasteiger partial charge on any atom is 0.416 e. The Bertz CT molecular complexity index is 1610. The molecule has 40 heavy (non-hydrogen) atoms. The number of oxazole rings is 1. The summed E-state index contributed by atoms with van der Waals surface area (Å²) < 4.78 is 46.2. The fourth-order valence-electron chi connectivity index (χ4n) is 4.07. The van der Waals surface area contributed by atoms with Crippen molar-refractivity contribution in [1.29, 1.82) is 0 Å². The summed E-state index contributed by atoms with van der Waals surface area (Å²) in [6.07, 6.45) is -4.30. The van der Waals surface area contributed by atoms with Gasteiger partial charge >= 0.3 is 6.18 Å². The Morgan fingerprint density at radius 1 is 0.850 bits per heavy atom. The van der Waals surface area contributed by atoms with Crippen LogP contribution in [0.4, 0.5) is 18.9 Å². The lowest BCUT2D eigenvalue weighted by Gasteiger charge is -2.13. The lowest BCUT2D eigenvalue weighted by atomic mass is 10.1. The zero-order chi connectivity index (χ0) is 28.1. The van der Waals surface area contributed by atoms with Crippen LogP contribution in [0.1, 0.15) is 26.5 Å². The highest BCUT2D eigenvalue weighted by Gasteiger charge is 2.33. The van der Waals surface area contributed by atoms with Gasteiger partial charge in [0, 0.05) is 28.2 Å². The number of carbonyl (C=O) groups excluding carboxylic acids is 2. The number of nitrogens with one attached hydrogen (secondary N) is 2. The van der Waals surface area contributed by atoms with Gasteiger partial charge in [0.25, 0.3) is 5.91 Å². The summed E-state index contributed by atoms with van der Waals surface area (Å²) in [7, 11) is 0. The number of halogens is 3. The molecule has 0 fully saturated rings. The van der Waals surface area contributed by atoms with E-state index in [1.165, 1.54) is 29.5 Å². The standard InChI is InChI=1S/C30H22F3N3O3S/c31-30(32,33)24-11-5-4-9-21(24)18-34-28(38)26-27(39-29(36-26)20-7-2-1-3-8-20)19-12-14-22(15-13-19)35-25(37)17-23-10-6-16-40-23/h1-16H,17-18H2,(H,34,38)(H,35,37). The van der Waals surface area contributed by atoms with E-state index in [-0.39, 0.29) is 41.8 Å². The van der Waals surface area contributed by atoms with Gasteiger partial charge in [0.05, 0.1) is 12.0 Å². The van der Waals surface area contributed by atoms with Crippen LogP contribution >= 0.6 is 11.3 Å². The van der Waals surface area contributed by atoms with Crippen molar-refractivity contribution >= 4 is 28.8 Å². The van der Waals surface area contributed by atoms with Gasteiger partial charge in [0.15, 0.2) is 11.5 Å². The van der Waals surface area contributed by atoms with E-state index in [1.54, 1.807) is 48.5 Å². The van der Waals surface area contributed by atoms with E-state index in [1.807, 2.05) is 23.6 Å². The fraction of sp³-hybridized carbons (Fsp3) is 0.100. The smallest absolute Gasteiger partial charge is 0.416 e. The van der Waals surface area contributed by atoms with Gasteiger partial charge in [-0.15, -0.1) is 11.3 Å². The van der Waals surface area contributed by atoms with E-state index >= 15 is 0 Å². The second kappa shape index (κ2) is 11.6. The largest absolute Gasteiger partial charge is 0.435 e.